The molecule has 0 unspecified atom stereocenters. The van der Waals surface area contributed by atoms with E-state index in [4.69, 9.17) is 9.94 Å². The van der Waals surface area contributed by atoms with Crippen LogP contribution in [0.2, 0.25) is 0 Å². The molecular weight excluding hydrogens is 407 g/mol. The standard InChI is InChI=1S/C24H20F3NO3/c1-16(28-31-15-18-5-3-7-22(13-18)24(25,26)27)19-8-10-20(11-9-19)21-6-2-4-17(12-21)14-23(29)30/h2-13H,14-15H2,1H3,(H,29,30)/b28-16+. The molecule has 0 spiro atoms. The van der Waals surface area contributed by atoms with Gasteiger partial charge in [-0.05, 0) is 46.9 Å². The van der Waals surface area contributed by atoms with Crippen LogP contribution in [0.3, 0.4) is 0 Å². The topological polar surface area (TPSA) is 58.9 Å². The number of alkyl halides is 3. The molecule has 0 saturated carbocycles. The van der Waals surface area contributed by atoms with Crippen LogP contribution in [-0.4, -0.2) is 16.8 Å². The Morgan fingerprint density at radius 2 is 1.61 bits per heavy atom. The largest absolute Gasteiger partial charge is 0.481 e. The molecule has 4 nitrogen and oxygen atoms in total. The summed E-state index contributed by atoms with van der Waals surface area (Å²) in [6.45, 7) is 1.67. The molecule has 0 fully saturated rings. The molecule has 0 amide bonds. The zero-order valence-corrected chi connectivity index (χ0v) is 16.7. The van der Waals surface area contributed by atoms with Crippen molar-refractivity contribution in [3.63, 3.8) is 0 Å². The molecule has 3 aromatic rings. The fourth-order valence-electron chi connectivity index (χ4n) is 3.03. The number of carboxylic acids is 1. The maximum absolute atomic E-state index is 12.8. The molecule has 3 rings (SSSR count). The van der Waals surface area contributed by atoms with E-state index in [1.54, 1.807) is 19.1 Å². The zero-order chi connectivity index (χ0) is 22.4. The van der Waals surface area contributed by atoms with Gasteiger partial charge in [0, 0.05) is 0 Å². The normalized spacial score (nSPS) is 11.9. The van der Waals surface area contributed by atoms with Crippen LogP contribution in [-0.2, 0) is 28.8 Å². The number of carbonyl (C=O) groups is 1. The Bertz CT molecular complexity index is 1090. The highest BCUT2D eigenvalue weighted by molar-refractivity contribution is 5.98. The first kappa shape index (κ1) is 22.1. The number of benzene rings is 3. The molecule has 0 radical (unpaired) electrons. The third-order valence-electron chi connectivity index (χ3n) is 4.61. The number of halogens is 3. The molecule has 3 aromatic carbocycles. The molecule has 0 heterocycles. The molecule has 0 aliphatic heterocycles. The average molecular weight is 427 g/mol. The van der Waals surface area contributed by atoms with Crippen LogP contribution in [0.25, 0.3) is 11.1 Å². The van der Waals surface area contributed by atoms with Gasteiger partial charge >= 0.3 is 12.1 Å². The average Bonchev–Trinajstić information content (AvgIpc) is 2.73. The second-order valence-electron chi connectivity index (χ2n) is 7.00. The van der Waals surface area contributed by atoms with E-state index in [1.165, 1.54) is 6.07 Å². The fourth-order valence-corrected chi connectivity index (χ4v) is 3.03. The van der Waals surface area contributed by atoms with E-state index in [9.17, 15) is 18.0 Å². The Morgan fingerprint density at radius 3 is 2.29 bits per heavy atom. The first-order valence-electron chi connectivity index (χ1n) is 9.46. The van der Waals surface area contributed by atoms with Crippen molar-refractivity contribution >= 4 is 11.7 Å². The van der Waals surface area contributed by atoms with E-state index in [2.05, 4.69) is 5.16 Å². The Kier molecular flexibility index (Phi) is 6.74. The van der Waals surface area contributed by atoms with Crippen molar-refractivity contribution in [1.29, 1.82) is 0 Å². The van der Waals surface area contributed by atoms with Crippen molar-refractivity contribution < 1.29 is 27.9 Å². The summed E-state index contributed by atoms with van der Waals surface area (Å²) < 4.78 is 38.3. The second-order valence-corrected chi connectivity index (χ2v) is 7.00. The summed E-state index contributed by atoms with van der Waals surface area (Å²) in [6.07, 6.45) is -4.44. The van der Waals surface area contributed by atoms with Crippen molar-refractivity contribution in [2.24, 2.45) is 5.16 Å². The van der Waals surface area contributed by atoms with Gasteiger partial charge in [0.2, 0.25) is 0 Å². The second kappa shape index (κ2) is 9.47. The van der Waals surface area contributed by atoms with E-state index >= 15 is 0 Å². The van der Waals surface area contributed by atoms with Crippen molar-refractivity contribution in [3.05, 3.63) is 95.1 Å². The van der Waals surface area contributed by atoms with Crippen LogP contribution >= 0.6 is 0 Å². The summed E-state index contributed by atoms with van der Waals surface area (Å²) in [6, 6.07) is 19.7. The summed E-state index contributed by atoms with van der Waals surface area (Å²) >= 11 is 0. The minimum Gasteiger partial charge on any atom is -0.481 e. The van der Waals surface area contributed by atoms with Gasteiger partial charge < -0.3 is 9.94 Å². The first-order valence-corrected chi connectivity index (χ1v) is 9.46. The summed E-state index contributed by atoms with van der Waals surface area (Å²) in [4.78, 5) is 16.1. The third kappa shape index (κ3) is 6.18. The summed E-state index contributed by atoms with van der Waals surface area (Å²) in [5.74, 6) is -0.885. The lowest BCUT2D eigenvalue weighted by Crippen LogP contribution is -2.05. The molecule has 0 saturated heterocycles. The van der Waals surface area contributed by atoms with Crippen molar-refractivity contribution in [2.75, 3.05) is 0 Å². The minimum absolute atomic E-state index is 0.0408. The molecule has 0 atom stereocenters. The van der Waals surface area contributed by atoms with Crippen LogP contribution in [0.15, 0.2) is 78.0 Å². The number of hydrogen-bond donors (Lipinski definition) is 1. The molecule has 7 heteroatoms. The third-order valence-corrected chi connectivity index (χ3v) is 4.61. The number of oxime groups is 1. The highest BCUT2D eigenvalue weighted by Gasteiger charge is 2.30. The van der Waals surface area contributed by atoms with Crippen LogP contribution in [0.1, 0.15) is 29.2 Å². The number of rotatable bonds is 7. The molecule has 0 aliphatic rings. The first-order chi connectivity index (χ1) is 14.7. The quantitative estimate of drug-likeness (QED) is 0.375. The van der Waals surface area contributed by atoms with Crippen molar-refractivity contribution in [2.45, 2.75) is 26.1 Å². The van der Waals surface area contributed by atoms with Gasteiger partial charge in [-0.2, -0.15) is 13.2 Å². The monoisotopic (exact) mass is 427 g/mol. The maximum atomic E-state index is 12.8. The zero-order valence-electron chi connectivity index (χ0n) is 16.7. The van der Waals surface area contributed by atoms with Crippen LogP contribution in [0.5, 0.6) is 0 Å². The Hall–Kier alpha value is -3.61. The van der Waals surface area contributed by atoms with Crippen molar-refractivity contribution in [3.8, 4) is 11.1 Å². The Morgan fingerprint density at radius 1 is 0.935 bits per heavy atom. The van der Waals surface area contributed by atoms with E-state index < -0.39 is 17.7 Å². The van der Waals surface area contributed by atoms with Crippen molar-refractivity contribution in [1.82, 2.24) is 0 Å². The van der Waals surface area contributed by atoms with E-state index in [-0.39, 0.29) is 13.0 Å². The van der Waals surface area contributed by atoms with Crippen LogP contribution < -0.4 is 0 Å². The molecular formula is C24H20F3NO3. The summed E-state index contributed by atoms with van der Waals surface area (Å²) in [5, 5.41) is 12.9. The Labute approximate surface area is 177 Å². The van der Waals surface area contributed by atoms with Crippen LogP contribution in [0.4, 0.5) is 13.2 Å². The number of hydrogen-bond acceptors (Lipinski definition) is 3. The van der Waals surface area contributed by atoms with Gasteiger partial charge in [-0.1, -0.05) is 65.8 Å². The van der Waals surface area contributed by atoms with Gasteiger partial charge in [0.15, 0.2) is 0 Å². The van der Waals surface area contributed by atoms with E-state index in [0.717, 1.165) is 34.4 Å². The van der Waals surface area contributed by atoms with Crippen LogP contribution in [0, 0.1) is 0 Å². The molecule has 0 aromatic heterocycles. The lowest BCUT2D eigenvalue weighted by atomic mass is 10.00. The highest BCUT2D eigenvalue weighted by atomic mass is 19.4. The van der Waals surface area contributed by atoms with Gasteiger partial charge in [-0.25, -0.2) is 0 Å². The van der Waals surface area contributed by atoms with Gasteiger partial charge in [0.1, 0.15) is 6.61 Å². The maximum Gasteiger partial charge on any atom is 0.416 e. The summed E-state index contributed by atoms with van der Waals surface area (Å²) in [5.41, 5.74) is 3.58. The highest BCUT2D eigenvalue weighted by Crippen LogP contribution is 2.29. The molecule has 1 N–H and O–H groups in total. The number of aliphatic carboxylic acids is 1. The van der Waals surface area contributed by atoms with Gasteiger partial charge in [0.05, 0.1) is 17.7 Å². The van der Waals surface area contributed by atoms with E-state index in [1.807, 2.05) is 42.5 Å². The predicted molar refractivity (Wildman–Crippen MR) is 112 cm³/mol. The van der Waals surface area contributed by atoms with E-state index in [0.29, 0.717) is 11.3 Å². The van der Waals surface area contributed by atoms with Gasteiger partial charge in [0.25, 0.3) is 0 Å². The molecule has 160 valence electrons. The minimum atomic E-state index is -4.40. The Balaban J connectivity index is 1.66. The SMILES string of the molecule is C/C(=N\OCc1cccc(C(F)(F)F)c1)c1ccc(-c2cccc(CC(=O)O)c2)cc1. The molecule has 0 bridgehead atoms. The molecule has 0 aliphatic carbocycles. The lowest BCUT2D eigenvalue weighted by Gasteiger charge is -2.09. The lowest BCUT2D eigenvalue weighted by molar-refractivity contribution is -0.138. The van der Waals surface area contributed by atoms with Gasteiger partial charge in [-0.15, -0.1) is 0 Å². The summed E-state index contributed by atoms with van der Waals surface area (Å²) in [7, 11) is 0. The molecule has 31 heavy (non-hydrogen) atoms. The number of nitrogens with zero attached hydrogens (tertiary/aromatic N) is 1. The van der Waals surface area contributed by atoms with Gasteiger partial charge in [-0.3, -0.25) is 4.79 Å². The predicted octanol–water partition coefficient (Wildman–Crippen LogP) is 5.94. The fraction of sp³-hybridized carbons (Fsp3) is 0.167. The smallest absolute Gasteiger partial charge is 0.416 e. The number of carboxylic acid groups (broad SMARTS) is 1.